The number of ether oxygens (including phenoxy) is 1. The Labute approximate surface area is 96.2 Å². The molecule has 0 saturated heterocycles. The molecule has 0 spiro atoms. The van der Waals surface area contributed by atoms with Gasteiger partial charge in [0.05, 0.1) is 0 Å². The van der Waals surface area contributed by atoms with Gasteiger partial charge in [-0.3, -0.25) is 0 Å². The second-order valence-electron chi connectivity index (χ2n) is 3.38. The first-order valence-electron chi connectivity index (χ1n) is 5.25. The van der Waals surface area contributed by atoms with Crippen molar-refractivity contribution in [2.45, 2.75) is 13.8 Å². The van der Waals surface area contributed by atoms with E-state index in [0.717, 1.165) is 5.56 Å². The molecule has 0 aliphatic heterocycles. The Bertz CT molecular complexity index is 388. The maximum Gasteiger partial charge on any atom is 0.333 e. The Morgan fingerprint density at radius 3 is 2.62 bits per heavy atom. The predicted octanol–water partition coefficient (Wildman–Crippen LogP) is 3.21. The van der Waals surface area contributed by atoms with Gasteiger partial charge in [0.15, 0.2) is 0 Å². The molecule has 1 aromatic rings. The first-order valence-corrected chi connectivity index (χ1v) is 5.25. The van der Waals surface area contributed by atoms with Crippen molar-refractivity contribution in [2.75, 3.05) is 6.61 Å². The van der Waals surface area contributed by atoms with Crippen molar-refractivity contribution in [3.8, 4) is 0 Å². The second kappa shape index (κ2) is 6.62. The van der Waals surface area contributed by atoms with Crippen LogP contribution in [0.2, 0.25) is 0 Å². The van der Waals surface area contributed by atoms with Crippen molar-refractivity contribution < 1.29 is 9.53 Å². The zero-order valence-corrected chi connectivity index (χ0v) is 9.64. The lowest BCUT2D eigenvalue weighted by atomic mass is 10.2. The number of carbonyl (C=O) groups excluding carboxylic acids is 1. The maximum absolute atomic E-state index is 11.3. The van der Waals surface area contributed by atoms with Gasteiger partial charge in [0.25, 0.3) is 0 Å². The summed E-state index contributed by atoms with van der Waals surface area (Å²) in [6, 6.07) is 9.89. The van der Waals surface area contributed by atoms with Crippen molar-refractivity contribution in [1.29, 1.82) is 0 Å². The fourth-order valence-corrected chi connectivity index (χ4v) is 1.10. The first kappa shape index (κ1) is 12.2. The minimum Gasteiger partial charge on any atom is -0.458 e. The largest absolute Gasteiger partial charge is 0.458 e. The number of carbonyl (C=O) groups is 1. The molecule has 0 fully saturated rings. The van der Waals surface area contributed by atoms with Crippen molar-refractivity contribution >= 4 is 12.0 Å². The quantitative estimate of drug-likeness (QED) is 0.570. The van der Waals surface area contributed by atoms with E-state index in [0.29, 0.717) is 12.2 Å². The molecule has 0 unspecified atom stereocenters. The van der Waals surface area contributed by atoms with Crippen molar-refractivity contribution in [2.24, 2.45) is 0 Å². The summed E-state index contributed by atoms with van der Waals surface area (Å²) < 4.78 is 5.02. The summed E-state index contributed by atoms with van der Waals surface area (Å²) in [5, 5.41) is 0. The summed E-state index contributed by atoms with van der Waals surface area (Å²) in [4.78, 5) is 11.3. The lowest BCUT2D eigenvalue weighted by Gasteiger charge is -2.00. The van der Waals surface area contributed by atoms with Crippen molar-refractivity contribution in [1.82, 2.24) is 0 Å². The molecule has 0 bridgehead atoms. The van der Waals surface area contributed by atoms with Crippen LogP contribution in [0.1, 0.15) is 19.4 Å². The molecule has 2 heteroatoms. The maximum atomic E-state index is 11.3. The molecule has 0 amide bonds. The molecule has 0 aliphatic rings. The van der Waals surface area contributed by atoms with E-state index in [4.69, 9.17) is 4.74 Å². The fourth-order valence-electron chi connectivity index (χ4n) is 1.10. The molecule has 1 rings (SSSR count). The van der Waals surface area contributed by atoms with E-state index in [1.165, 1.54) is 0 Å². The third-order valence-electron chi connectivity index (χ3n) is 2.18. The molecule has 16 heavy (non-hydrogen) atoms. The lowest BCUT2D eigenvalue weighted by molar-refractivity contribution is -0.137. The summed E-state index contributed by atoms with van der Waals surface area (Å²) in [6.45, 7) is 3.86. The van der Waals surface area contributed by atoms with E-state index < -0.39 is 0 Å². The van der Waals surface area contributed by atoms with E-state index in [1.807, 2.05) is 49.4 Å². The average Bonchev–Trinajstić information content (AvgIpc) is 2.34. The van der Waals surface area contributed by atoms with E-state index in [2.05, 4.69) is 0 Å². The zero-order valence-electron chi connectivity index (χ0n) is 9.64. The number of hydrogen-bond donors (Lipinski definition) is 0. The average molecular weight is 216 g/mol. The van der Waals surface area contributed by atoms with Gasteiger partial charge in [-0.15, -0.1) is 0 Å². The number of rotatable bonds is 4. The number of esters is 1. The van der Waals surface area contributed by atoms with E-state index >= 15 is 0 Å². The normalized spacial score (nSPS) is 11.8. The summed E-state index contributed by atoms with van der Waals surface area (Å²) >= 11 is 0. The van der Waals surface area contributed by atoms with Crippen LogP contribution in [0.4, 0.5) is 0 Å². The second-order valence-corrected chi connectivity index (χ2v) is 3.38. The number of benzene rings is 1. The van der Waals surface area contributed by atoms with Gasteiger partial charge in [-0.25, -0.2) is 4.79 Å². The van der Waals surface area contributed by atoms with Crippen LogP contribution in [0, 0.1) is 0 Å². The molecule has 84 valence electrons. The third-order valence-corrected chi connectivity index (χ3v) is 2.18. The molecule has 1 aromatic carbocycles. The number of allylic oxidation sites excluding steroid dienone is 1. The van der Waals surface area contributed by atoms with Crippen LogP contribution in [-0.2, 0) is 9.53 Å². The summed E-state index contributed by atoms with van der Waals surface area (Å²) in [5.41, 5.74) is 1.73. The molecule has 0 N–H and O–H groups in total. The van der Waals surface area contributed by atoms with E-state index in [-0.39, 0.29) is 5.97 Å². The van der Waals surface area contributed by atoms with Gasteiger partial charge >= 0.3 is 5.97 Å². The Balaban J connectivity index is 2.37. The summed E-state index contributed by atoms with van der Waals surface area (Å²) in [5.74, 6) is -0.264. The van der Waals surface area contributed by atoms with Crippen molar-refractivity contribution in [3.05, 3.63) is 53.6 Å². The lowest BCUT2D eigenvalue weighted by Crippen LogP contribution is -2.05. The standard InChI is InChI=1S/C14H16O2/c1-3-12(2)14(15)16-11-7-10-13-8-5-4-6-9-13/h3-10H,11H2,1-2H3. The molecule has 0 atom stereocenters. The SMILES string of the molecule is CC=C(C)C(=O)OCC=Cc1ccccc1. The Hall–Kier alpha value is -1.83. The number of hydrogen-bond acceptors (Lipinski definition) is 2. The van der Waals surface area contributed by atoms with Crippen LogP contribution in [0.15, 0.2) is 48.1 Å². The highest BCUT2D eigenvalue weighted by atomic mass is 16.5. The first-order chi connectivity index (χ1) is 7.74. The van der Waals surface area contributed by atoms with Gasteiger partial charge in [-0.1, -0.05) is 42.5 Å². The van der Waals surface area contributed by atoms with Crippen LogP contribution >= 0.6 is 0 Å². The zero-order chi connectivity index (χ0) is 11.8. The highest BCUT2D eigenvalue weighted by Gasteiger charge is 2.01. The Kier molecular flexibility index (Phi) is 5.06. The monoisotopic (exact) mass is 216 g/mol. The molecule has 2 nitrogen and oxygen atoms in total. The molecule has 0 saturated carbocycles. The van der Waals surface area contributed by atoms with Crippen molar-refractivity contribution in [3.63, 3.8) is 0 Å². The van der Waals surface area contributed by atoms with Gasteiger partial charge in [0.2, 0.25) is 0 Å². The summed E-state index contributed by atoms with van der Waals surface area (Å²) in [7, 11) is 0. The fraction of sp³-hybridized carbons (Fsp3) is 0.214. The Morgan fingerprint density at radius 2 is 2.00 bits per heavy atom. The topological polar surface area (TPSA) is 26.3 Å². The minimum absolute atomic E-state index is 0.264. The van der Waals surface area contributed by atoms with Gasteiger partial charge in [0.1, 0.15) is 6.61 Å². The van der Waals surface area contributed by atoms with Gasteiger partial charge < -0.3 is 4.74 Å². The minimum atomic E-state index is -0.264. The molecule has 0 radical (unpaired) electrons. The molecular formula is C14H16O2. The third kappa shape index (κ3) is 4.13. The van der Waals surface area contributed by atoms with Crippen LogP contribution in [-0.4, -0.2) is 12.6 Å². The molecule has 0 aliphatic carbocycles. The van der Waals surface area contributed by atoms with E-state index in [9.17, 15) is 4.79 Å². The van der Waals surface area contributed by atoms with E-state index in [1.54, 1.807) is 13.0 Å². The van der Waals surface area contributed by atoms with Crippen LogP contribution in [0.5, 0.6) is 0 Å². The van der Waals surface area contributed by atoms with Gasteiger partial charge in [-0.2, -0.15) is 0 Å². The Morgan fingerprint density at radius 1 is 1.31 bits per heavy atom. The molecule has 0 heterocycles. The van der Waals surface area contributed by atoms with Crippen LogP contribution < -0.4 is 0 Å². The predicted molar refractivity (Wildman–Crippen MR) is 65.9 cm³/mol. The highest BCUT2D eigenvalue weighted by molar-refractivity contribution is 5.87. The van der Waals surface area contributed by atoms with Gasteiger partial charge in [0, 0.05) is 5.57 Å². The van der Waals surface area contributed by atoms with Gasteiger partial charge in [-0.05, 0) is 25.5 Å². The van der Waals surface area contributed by atoms with Crippen LogP contribution in [0.25, 0.3) is 6.08 Å². The smallest absolute Gasteiger partial charge is 0.333 e. The molecular weight excluding hydrogens is 200 g/mol. The highest BCUT2D eigenvalue weighted by Crippen LogP contribution is 2.01. The summed E-state index contributed by atoms with van der Waals surface area (Å²) in [6.07, 6.45) is 5.50. The van der Waals surface area contributed by atoms with Crippen LogP contribution in [0.3, 0.4) is 0 Å². The molecule has 0 aromatic heterocycles.